The summed E-state index contributed by atoms with van der Waals surface area (Å²) in [5.41, 5.74) is 2.05. The van der Waals surface area contributed by atoms with E-state index in [1.807, 2.05) is 17.8 Å². The van der Waals surface area contributed by atoms with Crippen LogP contribution in [0, 0.1) is 28.6 Å². The summed E-state index contributed by atoms with van der Waals surface area (Å²) in [5.74, 6) is 3.43. The molecule has 0 amide bonds. The molecule has 128 valence electrons. The molecule has 3 saturated carbocycles. The molecule has 4 rings (SSSR count). The number of hydrogen-bond donors (Lipinski definition) is 1. The molecule has 1 unspecified atom stereocenters. The van der Waals surface area contributed by atoms with Gasteiger partial charge in [0.15, 0.2) is 5.78 Å². The van der Waals surface area contributed by atoms with E-state index in [2.05, 4.69) is 13.2 Å². The van der Waals surface area contributed by atoms with E-state index in [4.69, 9.17) is 0 Å². The van der Waals surface area contributed by atoms with Crippen LogP contribution in [-0.4, -0.2) is 29.0 Å². The van der Waals surface area contributed by atoms with E-state index in [1.54, 1.807) is 0 Å². The Hall–Kier alpha value is -0.280. The molecule has 4 aliphatic carbocycles. The second-order valence-electron chi connectivity index (χ2n) is 8.88. The lowest BCUT2D eigenvalue weighted by Gasteiger charge is -2.58. The highest BCUT2D eigenvalue weighted by Crippen LogP contribution is 2.65. The molecular weight excluding hydrogens is 304 g/mol. The second kappa shape index (κ2) is 5.62. The number of aliphatic hydroxyl groups is 1. The van der Waals surface area contributed by atoms with Gasteiger partial charge in [0.1, 0.15) is 6.10 Å². The zero-order valence-electron chi connectivity index (χ0n) is 14.5. The highest BCUT2D eigenvalue weighted by molar-refractivity contribution is 7.98. The van der Waals surface area contributed by atoms with Crippen LogP contribution in [-0.2, 0) is 4.79 Å². The predicted molar refractivity (Wildman–Crippen MR) is 95.4 cm³/mol. The third kappa shape index (κ3) is 2.29. The molecule has 0 aromatic carbocycles. The molecule has 0 aliphatic heterocycles. The van der Waals surface area contributed by atoms with Crippen LogP contribution in [0.3, 0.4) is 0 Å². The van der Waals surface area contributed by atoms with Gasteiger partial charge in [0.25, 0.3) is 0 Å². The maximum absolute atomic E-state index is 12.1. The number of ketones is 1. The maximum Gasteiger partial charge on any atom is 0.184 e. The first kappa shape index (κ1) is 16.2. The minimum absolute atomic E-state index is 0.0447. The summed E-state index contributed by atoms with van der Waals surface area (Å²) in [6.07, 6.45) is 13.2. The fourth-order valence-electron chi connectivity index (χ4n) is 6.91. The lowest BCUT2D eigenvalue weighted by atomic mass is 9.47. The summed E-state index contributed by atoms with van der Waals surface area (Å²) in [7, 11) is 0. The average Bonchev–Trinajstić information content (AvgIpc) is 2.91. The van der Waals surface area contributed by atoms with E-state index in [1.165, 1.54) is 44.1 Å². The summed E-state index contributed by atoms with van der Waals surface area (Å²) in [4.78, 5) is 12.1. The summed E-state index contributed by atoms with van der Waals surface area (Å²) in [5, 5.41) is 10.3. The van der Waals surface area contributed by atoms with E-state index >= 15 is 0 Å². The van der Waals surface area contributed by atoms with Crippen molar-refractivity contribution in [3.63, 3.8) is 0 Å². The van der Waals surface area contributed by atoms with Crippen molar-refractivity contribution in [3.8, 4) is 0 Å². The first-order chi connectivity index (χ1) is 11.0. The van der Waals surface area contributed by atoms with Crippen molar-refractivity contribution >= 4 is 17.5 Å². The van der Waals surface area contributed by atoms with Gasteiger partial charge in [-0.2, -0.15) is 11.8 Å². The van der Waals surface area contributed by atoms with Crippen LogP contribution in [0.2, 0.25) is 0 Å². The van der Waals surface area contributed by atoms with Crippen LogP contribution in [0.5, 0.6) is 0 Å². The molecule has 23 heavy (non-hydrogen) atoms. The van der Waals surface area contributed by atoms with Gasteiger partial charge in [-0.05, 0) is 80.4 Å². The van der Waals surface area contributed by atoms with Crippen molar-refractivity contribution in [2.75, 3.05) is 12.0 Å². The summed E-state index contributed by atoms with van der Waals surface area (Å²) in [6.45, 7) is 2.53. The van der Waals surface area contributed by atoms with Gasteiger partial charge in [-0.1, -0.05) is 18.9 Å². The fraction of sp³-hybridized carbons (Fsp3) is 0.850. The SMILES string of the molecule is CSC[C@]12CC(O)C(=O)C=C1CC[C@@H]1[C@H]2CC[C@]2(C)CCC[C@@H]12. The molecule has 3 heteroatoms. The van der Waals surface area contributed by atoms with E-state index < -0.39 is 6.10 Å². The number of carbonyl (C=O) groups is 1. The molecule has 0 heterocycles. The molecule has 1 N–H and O–H groups in total. The Labute approximate surface area is 144 Å². The van der Waals surface area contributed by atoms with Gasteiger partial charge >= 0.3 is 0 Å². The fourth-order valence-corrected chi connectivity index (χ4v) is 7.94. The maximum atomic E-state index is 12.1. The smallest absolute Gasteiger partial charge is 0.184 e. The molecule has 0 aromatic heterocycles. The van der Waals surface area contributed by atoms with E-state index in [-0.39, 0.29) is 11.2 Å². The van der Waals surface area contributed by atoms with E-state index in [0.29, 0.717) is 17.8 Å². The predicted octanol–water partition coefficient (Wildman–Crippen LogP) is 4.22. The zero-order valence-corrected chi connectivity index (χ0v) is 15.3. The van der Waals surface area contributed by atoms with Gasteiger partial charge in [-0.3, -0.25) is 4.79 Å². The van der Waals surface area contributed by atoms with Crippen LogP contribution >= 0.6 is 11.8 Å². The van der Waals surface area contributed by atoms with Crippen LogP contribution in [0.15, 0.2) is 11.6 Å². The second-order valence-corrected chi connectivity index (χ2v) is 9.75. The normalized spacial score (nSPS) is 49.2. The minimum atomic E-state index is -0.762. The van der Waals surface area contributed by atoms with Gasteiger partial charge in [0.05, 0.1) is 0 Å². The summed E-state index contributed by atoms with van der Waals surface area (Å²) in [6, 6.07) is 0. The van der Waals surface area contributed by atoms with Gasteiger partial charge < -0.3 is 5.11 Å². The number of allylic oxidation sites excluding steroid dienone is 1. The first-order valence-electron chi connectivity index (χ1n) is 9.42. The minimum Gasteiger partial charge on any atom is -0.385 e. The van der Waals surface area contributed by atoms with Gasteiger partial charge in [-0.15, -0.1) is 0 Å². The molecule has 0 aromatic rings. The average molecular weight is 335 g/mol. The number of rotatable bonds is 2. The molecule has 4 aliphatic rings. The molecule has 0 spiro atoms. The number of aliphatic hydroxyl groups excluding tert-OH is 1. The molecule has 6 atom stereocenters. The largest absolute Gasteiger partial charge is 0.385 e. The van der Waals surface area contributed by atoms with Crippen molar-refractivity contribution < 1.29 is 9.90 Å². The number of thioether (sulfide) groups is 1. The Morgan fingerprint density at radius 1 is 1.26 bits per heavy atom. The number of hydrogen-bond acceptors (Lipinski definition) is 3. The standard InChI is InChI=1S/C20H30O2S/c1-19-8-3-4-15(19)14-6-5-13-10-17(21)18(22)11-20(13,12-23-2)16(14)7-9-19/h10,14-16,18,22H,3-9,11-12H2,1-2H3/t14-,15-,16+,18?,19-,20+/m0/s1. The number of fused-ring (bicyclic) bond motifs is 5. The summed E-state index contributed by atoms with van der Waals surface area (Å²) >= 11 is 1.90. The van der Waals surface area contributed by atoms with E-state index in [0.717, 1.165) is 24.0 Å². The molecule has 3 fully saturated rings. The van der Waals surface area contributed by atoms with E-state index in [9.17, 15) is 9.90 Å². The third-order valence-electron chi connectivity index (χ3n) is 7.92. The van der Waals surface area contributed by atoms with Crippen LogP contribution in [0.1, 0.15) is 58.3 Å². The quantitative estimate of drug-likeness (QED) is 0.821. The highest BCUT2D eigenvalue weighted by atomic mass is 32.2. The Morgan fingerprint density at radius 2 is 2.09 bits per heavy atom. The topological polar surface area (TPSA) is 37.3 Å². The first-order valence-corrected chi connectivity index (χ1v) is 10.8. The van der Waals surface area contributed by atoms with Crippen LogP contribution in [0.25, 0.3) is 0 Å². The van der Waals surface area contributed by atoms with Crippen LogP contribution < -0.4 is 0 Å². The third-order valence-corrected chi connectivity index (χ3v) is 8.72. The summed E-state index contributed by atoms with van der Waals surface area (Å²) < 4.78 is 0. The van der Waals surface area contributed by atoms with Gasteiger partial charge in [-0.25, -0.2) is 0 Å². The molecule has 0 bridgehead atoms. The highest BCUT2D eigenvalue weighted by Gasteiger charge is 2.58. The Morgan fingerprint density at radius 3 is 2.87 bits per heavy atom. The number of carbonyl (C=O) groups excluding carboxylic acids is 1. The van der Waals surface area contributed by atoms with Crippen LogP contribution in [0.4, 0.5) is 0 Å². The Balaban J connectivity index is 1.73. The van der Waals surface area contributed by atoms with Crippen molar-refractivity contribution in [1.29, 1.82) is 0 Å². The molecular formula is C20H30O2S. The van der Waals surface area contributed by atoms with Gasteiger partial charge in [0.2, 0.25) is 0 Å². The molecule has 0 radical (unpaired) electrons. The molecule has 0 saturated heterocycles. The lowest BCUT2D eigenvalue weighted by Crippen LogP contribution is -2.53. The van der Waals surface area contributed by atoms with Crippen molar-refractivity contribution in [3.05, 3.63) is 11.6 Å². The van der Waals surface area contributed by atoms with Crippen molar-refractivity contribution in [2.24, 2.45) is 28.6 Å². The Kier molecular flexibility index (Phi) is 3.96. The van der Waals surface area contributed by atoms with Crippen molar-refractivity contribution in [1.82, 2.24) is 0 Å². The van der Waals surface area contributed by atoms with Crippen molar-refractivity contribution in [2.45, 2.75) is 64.4 Å². The zero-order chi connectivity index (χ0) is 16.2. The lowest BCUT2D eigenvalue weighted by molar-refractivity contribution is -0.127. The van der Waals surface area contributed by atoms with Gasteiger partial charge in [0, 0.05) is 11.2 Å². The monoisotopic (exact) mass is 334 g/mol. The Bertz CT molecular complexity index is 542. The molecule has 2 nitrogen and oxygen atoms in total.